The van der Waals surface area contributed by atoms with Crippen molar-refractivity contribution in [2.75, 3.05) is 6.61 Å². The zero-order chi connectivity index (χ0) is 13.1. The highest BCUT2D eigenvalue weighted by Crippen LogP contribution is 2.17. The van der Waals surface area contributed by atoms with Crippen LogP contribution in [0.2, 0.25) is 0 Å². The van der Waals surface area contributed by atoms with Gasteiger partial charge in [-0.1, -0.05) is 0 Å². The largest absolute Gasteiger partial charge is 0.508 e. The molecule has 4 heteroatoms. The number of aliphatic hydroxyl groups excluding tert-OH is 1. The molecule has 0 aliphatic rings. The number of rotatable bonds is 4. The third-order valence-corrected chi connectivity index (χ3v) is 2.64. The summed E-state index contributed by atoms with van der Waals surface area (Å²) < 4.78 is 0. The molecule has 0 bridgehead atoms. The van der Waals surface area contributed by atoms with Gasteiger partial charge in [0.25, 0.3) is 5.91 Å². The van der Waals surface area contributed by atoms with E-state index >= 15 is 0 Å². The Balaban J connectivity index is 2.83. The van der Waals surface area contributed by atoms with E-state index in [1.165, 1.54) is 6.07 Å². The smallest absolute Gasteiger partial charge is 0.251 e. The van der Waals surface area contributed by atoms with Gasteiger partial charge in [0.2, 0.25) is 0 Å². The van der Waals surface area contributed by atoms with Gasteiger partial charge < -0.3 is 15.5 Å². The van der Waals surface area contributed by atoms with E-state index in [4.69, 9.17) is 5.11 Å². The number of nitrogens with one attached hydrogen (secondary N) is 1. The first-order valence-electron chi connectivity index (χ1n) is 5.59. The molecule has 17 heavy (non-hydrogen) atoms. The van der Waals surface area contributed by atoms with Gasteiger partial charge in [0.15, 0.2) is 0 Å². The third-order valence-electron chi connectivity index (χ3n) is 2.64. The van der Waals surface area contributed by atoms with Crippen LogP contribution in [0.15, 0.2) is 18.2 Å². The number of aromatic hydroxyl groups is 1. The molecule has 1 aromatic carbocycles. The molecule has 0 radical (unpaired) electrons. The van der Waals surface area contributed by atoms with Crippen molar-refractivity contribution < 1.29 is 15.0 Å². The SMILES string of the molecule is Cc1cc(O)ccc1C(=O)NC(C)(C)CCO. The maximum Gasteiger partial charge on any atom is 0.251 e. The highest BCUT2D eigenvalue weighted by Gasteiger charge is 2.21. The van der Waals surface area contributed by atoms with Crippen molar-refractivity contribution in [3.8, 4) is 5.75 Å². The average molecular weight is 237 g/mol. The van der Waals surface area contributed by atoms with Gasteiger partial charge in [-0.2, -0.15) is 0 Å². The Morgan fingerprint density at radius 2 is 2.06 bits per heavy atom. The van der Waals surface area contributed by atoms with E-state index in [-0.39, 0.29) is 18.3 Å². The lowest BCUT2D eigenvalue weighted by molar-refractivity contribution is 0.0899. The lowest BCUT2D eigenvalue weighted by Crippen LogP contribution is -2.44. The van der Waals surface area contributed by atoms with Crippen LogP contribution in [0.5, 0.6) is 5.75 Å². The normalized spacial score (nSPS) is 11.3. The van der Waals surface area contributed by atoms with Crippen LogP contribution in [0.1, 0.15) is 36.2 Å². The van der Waals surface area contributed by atoms with Crippen molar-refractivity contribution in [3.05, 3.63) is 29.3 Å². The molecule has 0 aromatic heterocycles. The van der Waals surface area contributed by atoms with Gasteiger partial charge in [0, 0.05) is 17.7 Å². The molecule has 3 N–H and O–H groups in total. The van der Waals surface area contributed by atoms with Crippen LogP contribution in [0.3, 0.4) is 0 Å². The number of carbonyl (C=O) groups excluding carboxylic acids is 1. The van der Waals surface area contributed by atoms with E-state index in [1.807, 2.05) is 13.8 Å². The minimum atomic E-state index is -0.448. The molecule has 0 aliphatic carbocycles. The highest BCUT2D eigenvalue weighted by atomic mass is 16.3. The third kappa shape index (κ3) is 3.75. The predicted molar refractivity (Wildman–Crippen MR) is 66.1 cm³/mol. The van der Waals surface area contributed by atoms with Gasteiger partial charge in [-0.05, 0) is 51.0 Å². The van der Waals surface area contributed by atoms with Crippen LogP contribution in [-0.4, -0.2) is 28.3 Å². The second kappa shape index (κ2) is 5.19. The molecule has 0 spiro atoms. The minimum Gasteiger partial charge on any atom is -0.508 e. The molecule has 0 saturated carbocycles. The average Bonchev–Trinajstić information content (AvgIpc) is 2.15. The number of aliphatic hydroxyl groups is 1. The van der Waals surface area contributed by atoms with Crippen molar-refractivity contribution in [2.45, 2.75) is 32.7 Å². The van der Waals surface area contributed by atoms with Crippen LogP contribution in [0.25, 0.3) is 0 Å². The van der Waals surface area contributed by atoms with Gasteiger partial charge in [-0.15, -0.1) is 0 Å². The molecule has 0 saturated heterocycles. The van der Waals surface area contributed by atoms with Gasteiger partial charge >= 0.3 is 0 Å². The number of phenolic OH excluding ortho intramolecular Hbond substituents is 1. The Morgan fingerprint density at radius 3 is 2.59 bits per heavy atom. The number of phenols is 1. The molecule has 0 heterocycles. The van der Waals surface area contributed by atoms with Gasteiger partial charge in [0.1, 0.15) is 5.75 Å². The maximum atomic E-state index is 12.0. The molecule has 0 unspecified atom stereocenters. The van der Waals surface area contributed by atoms with E-state index in [0.717, 1.165) is 5.56 Å². The van der Waals surface area contributed by atoms with E-state index in [9.17, 15) is 9.90 Å². The van der Waals surface area contributed by atoms with E-state index in [2.05, 4.69) is 5.32 Å². The summed E-state index contributed by atoms with van der Waals surface area (Å²) in [5.74, 6) is -0.0466. The molecule has 94 valence electrons. The van der Waals surface area contributed by atoms with Crippen molar-refractivity contribution in [1.29, 1.82) is 0 Å². The Labute approximate surface area is 101 Å². The number of aryl methyl sites for hydroxylation is 1. The first kappa shape index (κ1) is 13.5. The Morgan fingerprint density at radius 1 is 1.41 bits per heavy atom. The minimum absolute atomic E-state index is 0.0296. The lowest BCUT2D eigenvalue weighted by atomic mass is 9.99. The number of carbonyl (C=O) groups is 1. The fourth-order valence-electron chi connectivity index (χ4n) is 1.62. The molecule has 0 aliphatic heterocycles. The van der Waals surface area contributed by atoms with E-state index in [1.54, 1.807) is 19.1 Å². The van der Waals surface area contributed by atoms with E-state index < -0.39 is 5.54 Å². The summed E-state index contributed by atoms with van der Waals surface area (Å²) in [7, 11) is 0. The van der Waals surface area contributed by atoms with Gasteiger partial charge in [0.05, 0.1) is 0 Å². The summed E-state index contributed by atoms with van der Waals surface area (Å²) in [6.07, 6.45) is 0.496. The summed E-state index contributed by atoms with van der Waals surface area (Å²) in [5, 5.41) is 21.0. The monoisotopic (exact) mass is 237 g/mol. The topological polar surface area (TPSA) is 69.6 Å². The van der Waals surface area contributed by atoms with Gasteiger partial charge in [-0.25, -0.2) is 0 Å². The lowest BCUT2D eigenvalue weighted by Gasteiger charge is -2.25. The number of benzene rings is 1. The fraction of sp³-hybridized carbons (Fsp3) is 0.462. The number of hydrogen-bond donors (Lipinski definition) is 3. The van der Waals surface area contributed by atoms with Crippen molar-refractivity contribution in [3.63, 3.8) is 0 Å². The van der Waals surface area contributed by atoms with Gasteiger partial charge in [-0.3, -0.25) is 4.79 Å². The Bertz CT molecular complexity index is 413. The van der Waals surface area contributed by atoms with Crippen LogP contribution in [0, 0.1) is 6.92 Å². The van der Waals surface area contributed by atoms with Crippen LogP contribution in [0.4, 0.5) is 0 Å². The molecule has 1 amide bonds. The molecule has 0 atom stereocenters. The first-order valence-corrected chi connectivity index (χ1v) is 5.59. The first-order chi connectivity index (χ1) is 7.85. The maximum absolute atomic E-state index is 12.0. The highest BCUT2D eigenvalue weighted by molar-refractivity contribution is 5.96. The molecule has 1 rings (SSSR count). The molecular formula is C13H19NO3. The summed E-state index contributed by atoms with van der Waals surface area (Å²) >= 11 is 0. The van der Waals surface area contributed by atoms with Crippen molar-refractivity contribution in [2.24, 2.45) is 0 Å². The summed E-state index contributed by atoms with van der Waals surface area (Å²) in [4.78, 5) is 12.0. The van der Waals surface area contributed by atoms with Crippen molar-refractivity contribution >= 4 is 5.91 Å². The zero-order valence-electron chi connectivity index (χ0n) is 10.4. The Hall–Kier alpha value is -1.55. The number of amides is 1. The Kier molecular flexibility index (Phi) is 4.12. The van der Waals surface area contributed by atoms with E-state index in [0.29, 0.717) is 12.0 Å². The summed E-state index contributed by atoms with van der Waals surface area (Å²) in [6.45, 7) is 5.52. The molecule has 1 aromatic rings. The number of hydrogen-bond acceptors (Lipinski definition) is 3. The molecular weight excluding hydrogens is 218 g/mol. The van der Waals surface area contributed by atoms with Crippen LogP contribution < -0.4 is 5.32 Å². The summed E-state index contributed by atoms with van der Waals surface area (Å²) in [6, 6.07) is 4.63. The zero-order valence-corrected chi connectivity index (χ0v) is 10.4. The van der Waals surface area contributed by atoms with Crippen LogP contribution >= 0.6 is 0 Å². The fourth-order valence-corrected chi connectivity index (χ4v) is 1.62. The van der Waals surface area contributed by atoms with Crippen molar-refractivity contribution in [1.82, 2.24) is 5.32 Å². The second-order valence-corrected chi connectivity index (χ2v) is 4.81. The van der Waals surface area contributed by atoms with Crippen LogP contribution in [-0.2, 0) is 0 Å². The second-order valence-electron chi connectivity index (χ2n) is 4.81. The molecule has 0 fully saturated rings. The standard InChI is InChI=1S/C13H19NO3/c1-9-8-10(16)4-5-11(9)12(17)14-13(2,3)6-7-15/h4-5,8,15-16H,6-7H2,1-3H3,(H,14,17). The molecule has 4 nitrogen and oxygen atoms in total. The quantitative estimate of drug-likeness (QED) is 0.744. The predicted octanol–water partition coefficient (Wildman–Crippen LogP) is 1.59. The summed E-state index contributed by atoms with van der Waals surface area (Å²) in [5.41, 5.74) is 0.812.